The molecular weight excluding hydrogens is 378 g/mol. The van der Waals surface area contributed by atoms with Crippen LogP contribution in [0.3, 0.4) is 0 Å². The van der Waals surface area contributed by atoms with E-state index in [1.54, 1.807) is 16.9 Å². The van der Waals surface area contributed by atoms with Crippen LogP contribution in [0.15, 0.2) is 47.4 Å². The highest BCUT2D eigenvalue weighted by atomic mass is 16.2. The summed E-state index contributed by atoms with van der Waals surface area (Å²) in [6.07, 6.45) is 5.92. The number of likely N-dealkylation sites (tertiary alicyclic amines) is 1. The second-order valence-corrected chi connectivity index (χ2v) is 8.09. The molecule has 7 nitrogen and oxygen atoms in total. The molecule has 2 aromatic heterocycles. The number of aromatic nitrogens is 4. The molecule has 1 N–H and O–H groups in total. The van der Waals surface area contributed by atoms with Crippen LogP contribution in [0.2, 0.25) is 0 Å². The molecule has 0 aliphatic carbocycles. The minimum Gasteiger partial charge on any atom is -0.339 e. The van der Waals surface area contributed by atoms with Gasteiger partial charge in [-0.1, -0.05) is 29.8 Å². The van der Waals surface area contributed by atoms with E-state index in [4.69, 9.17) is 0 Å². The summed E-state index contributed by atoms with van der Waals surface area (Å²) in [6.45, 7) is 5.51. The van der Waals surface area contributed by atoms with Crippen LogP contribution in [0.1, 0.15) is 46.4 Å². The summed E-state index contributed by atoms with van der Waals surface area (Å²) in [7, 11) is 0. The normalized spacial score (nSPS) is 14.8. The first-order valence-corrected chi connectivity index (χ1v) is 10.5. The van der Waals surface area contributed by atoms with Crippen LogP contribution in [0.5, 0.6) is 0 Å². The molecule has 0 radical (unpaired) electrons. The molecule has 156 valence electrons. The van der Waals surface area contributed by atoms with E-state index in [9.17, 15) is 9.59 Å². The van der Waals surface area contributed by atoms with Gasteiger partial charge < -0.3 is 4.90 Å². The lowest BCUT2D eigenvalue weighted by Crippen LogP contribution is -2.38. The molecule has 1 aliphatic rings. The van der Waals surface area contributed by atoms with Crippen molar-refractivity contribution < 1.29 is 4.79 Å². The summed E-state index contributed by atoms with van der Waals surface area (Å²) in [5, 5.41) is 10.7. The third-order valence-electron chi connectivity index (χ3n) is 5.99. The number of H-pyrrole nitrogens is 1. The first-order valence-electron chi connectivity index (χ1n) is 10.5. The highest BCUT2D eigenvalue weighted by Crippen LogP contribution is 2.24. The van der Waals surface area contributed by atoms with Crippen LogP contribution < -0.4 is 5.56 Å². The lowest BCUT2D eigenvalue weighted by Gasteiger charge is -2.32. The van der Waals surface area contributed by atoms with Gasteiger partial charge in [0.2, 0.25) is 0 Å². The average molecular weight is 406 g/mol. The Hall–Kier alpha value is -3.22. The molecule has 1 amide bonds. The van der Waals surface area contributed by atoms with Crippen molar-refractivity contribution in [2.75, 3.05) is 13.1 Å². The molecule has 3 heterocycles. The number of aryl methyl sites for hydroxylation is 2. The van der Waals surface area contributed by atoms with Crippen LogP contribution in [0.25, 0.3) is 5.82 Å². The molecule has 0 spiro atoms. The van der Waals surface area contributed by atoms with E-state index in [1.165, 1.54) is 23.6 Å². The van der Waals surface area contributed by atoms with E-state index in [-0.39, 0.29) is 11.5 Å². The van der Waals surface area contributed by atoms with E-state index in [0.29, 0.717) is 17.3 Å². The van der Waals surface area contributed by atoms with Gasteiger partial charge in [0.15, 0.2) is 5.82 Å². The van der Waals surface area contributed by atoms with Gasteiger partial charge in [0.25, 0.3) is 11.5 Å². The van der Waals surface area contributed by atoms with Gasteiger partial charge in [-0.15, -0.1) is 0 Å². The van der Waals surface area contributed by atoms with Gasteiger partial charge in [-0.05, 0) is 57.1 Å². The Labute approximate surface area is 175 Å². The van der Waals surface area contributed by atoms with E-state index in [1.807, 2.05) is 11.8 Å². The second-order valence-electron chi connectivity index (χ2n) is 8.09. The summed E-state index contributed by atoms with van der Waals surface area (Å²) in [6, 6.07) is 11.7. The van der Waals surface area contributed by atoms with Gasteiger partial charge in [-0.25, -0.2) is 9.78 Å². The standard InChI is InChI=1S/C23H27N5O2/c1-16-3-5-18(6-4-16)7-8-19-11-13-27(14-12-19)23(30)20-15-24-28(17(20)2)21-9-10-22(29)26-25-21/h3-6,9-10,15,19H,7-8,11-14H2,1-2H3,(H,26,29). The third kappa shape index (κ3) is 4.35. The molecule has 30 heavy (non-hydrogen) atoms. The Morgan fingerprint density at radius 2 is 1.83 bits per heavy atom. The SMILES string of the molecule is Cc1ccc(CCC2CCN(C(=O)c3cnn(-c4ccc(=O)[nH]n4)c3C)CC2)cc1. The van der Waals surface area contributed by atoms with Crippen molar-refractivity contribution in [1.29, 1.82) is 0 Å². The summed E-state index contributed by atoms with van der Waals surface area (Å²) in [5.74, 6) is 1.16. The molecule has 4 rings (SSSR count). The number of nitrogens with zero attached hydrogens (tertiary/aromatic N) is 4. The number of carbonyl (C=O) groups is 1. The molecule has 3 aromatic rings. The van der Waals surface area contributed by atoms with Crippen LogP contribution in [0.4, 0.5) is 0 Å². The Morgan fingerprint density at radius 1 is 1.10 bits per heavy atom. The fourth-order valence-electron chi connectivity index (χ4n) is 4.03. The van der Waals surface area contributed by atoms with E-state index in [2.05, 4.69) is 46.5 Å². The Balaban J connectivity index is 1.34. The predicted molar refractivity (Wildman–Crippen MR) is 115 cm³/mol. The number of benzene rings is 1. The zero-order chi connectivity index (χ0) is 21.1. The molecule has 0 unspecified atom stereocenters. The van der Waals surface area contributed by atoms with Gasteiger partial charge in [0.1, 0.15) is 0 Å². The molecule has 1 fully saturated rings. The van der Waals surface area contributed by atoms with Crippen LogP contribution in [-0.4, -0.2) is 43.9 Å². The predicted octanol–water partition coefficient (Wildman–Crippen LogP) is 3.06. The maximum atomic E-state index is 13.0. The Kier molecular flexibility index (Phi) is 5.79. The molecule has 0 saturated carbocycles. The van der Waals surface area contributed by atoms with Crippen molar-refractivity contribution >= 4 is 5.91 Å². The van der Waals surface area contributed by atoms with Crippen LogP contribution >= 0.6 is 0 Å². The quantitative estimate of drug-likeness (QED) is 0.707. The highest BCUT2D eigenvalue weighted by Gasteiger charge is 2.26. The number of nitrogens with one attached hydrogen (secondary N) is 1. The molecule has 0 atom stereocenters. The van der Waals surface area contributed by atoms with Gasteiger partial charge >= 0.3 is 0 Å². The lowest BCUT2D eigenvalue weighted by molar-refractivity contribution is 0.0686. The minimum absolute atomic E-state index is 0.0140. The van der Waals surface area contributed by atoms with Crippen molar-refractivity contribution in [3.8, 4) is 5.82 Å². The van der Waals surface area contributed by atoms with Crippen molar-refractivity contribution in [2.24, 2.45) is 5.92 Å². The van der Waals surface area contributed by atoms with E-state index >= 15 is 0 Å². The Morgan fingerprint density at radius 3 is 2.50 bits per heavy atom. The summed E-state index contributed by atoms with van der Waals surface area (Å²) >= 11 is 0. The Bertz CT molecular complexity index is 1060. The number of hydrogen-bond donors (Lipinski definition) is 1. The zero-order valence-corrected chi connectivity index (χ0v) is 17.5. The van der Waals surface area contributed by atoms with E-state index in [0.717, 1.165) is 38.0 Å². The van der Waals surface area contributed by atoms with Crippen LogP contribution in [0, 0.1) is 19.8 Å². The fourth-order valence-corrected chi connectivity index (χ4v) is 4.03. The number of piperidine rings is 1. The molecule has 0 bridgehead atoms. The summed E-state index contributed by atoms with van der Waals surface area (Å²) in [4.78, 5) is 26.2. The molecule has 1 aliphatic heterocycles. The summed E-state index contributed by atoms with van der Waals surface area (Å²) < 4.78 is 1.58. The molecule has 7 heteroatoms. The molecule has 1 aromatic carbocycles. The topological polar surface area (TPSA) is 83.9 Å². The zero-order valence-electron chi connectivity index (χ0n) is 17.5. The first kappa shape index (κ1) is 20.1. The number of hydrogen-bond acceptors (Lipinski definition) is 4. The van der Waals surface area contributed by atoms with Gasteiger partial charge in [-0.2, -0.15) is 10.2 Å². The van der Waals surface area contributed by atoms with Gasteiger partial charge in [-0.3, -0.25) is 9.59 Å². The maximum Gasteiger partial charge on any atom is 0.264 e. The van der Waals surface area contributed by atoms with Crippen molar-refractivity contribution in [3.05, 3.63) is 75.3 Å². The fraction of sp³-hybridized carbons (Fsp3) is 0.391. The van der Waals surface area contributed by atoms with Crippen molar-refractivity contribution in [1.82, 2.24) is 24.9 Å². The smallest absolute Gasteiger partial charge is 0.264 e. The molecular formula is C23H27N5O2. The second kappa shape index (κ2) is 8.65. The van der Waals surface area contributed by atoms with Crippen molar-refractivity contribution in [3.63, 3.8) is 0 Å². The average Bonchev–Trinajstić information content (AvgIpc) is 3.15. The van der Waals surface area contributed by atoms with E-state index < -0.39 is 0 Å². The van der Waals surface area contributed by atoms with Crippen molar-refractivity contribution in [2.45, 2.75) is 39.5 Å². The number of amides is 1. The number of carbonyl (C=O) groups excluding carboxylic acids is 1. The largest absolute Gasteiger partial charge is 0.339 e. The monoisotopic (exact) mass is 405 g/mol. The lowest BCUT2D eigenvalue weighted by atomic mass is 9.90. The highest BCUT2D eigenvalue weighted by molar-refractivity contribution is 5.95. The van der Waals surface area contributed by atoms with Crippen LogP contribution in [-0.2, 0) is 6.42 Å². The maximum absolute atomic E-state index is 13.0. The first-order chi connectivity index (χ1) is 14.5. The number of aromatic amines is 1. The number of rotatable bonds is 5. The summed E-state index contributed by atoms with van der Waals surface area (Å²) in [5.41, 5.74) is 3.71. The minimum atomic E-state index is -0.273. The molecule has 1 saturated heterocycles. The third-order valence-corrected chi connectivity index (χ3v) is 5.99. The van der Waals surface area contributed by atoms with Gasteiger partial charge in [0.05, 0.1) is 17.5 Å². The van der Waals surface area contributed by atoms with Gasteiger partial charge in [0, 0.05) is 19.2 Å².